The van der Waals surface area contributed by atoms with Crippen molar-refractivity contribution >= 4 is 6.09 Å². The van der Waals surface area contributed by atoms with Crippen molar-refractivity contribution in [3.8, 4) is 0 Å². The molecule has 0 aromatic carbocycles. The molecule has 3 atom stereocenters. The standard InChI is InChI=1S/C19H38N2O2/c1-6-8-12-16(14-20-18(22)23-19(3,4)5)21-17-13-10-9-11-15(17)7-2/h15-17,21H,6-14H2,1-5H3,(H,20,22). The molecule has 1 aliphatic rings. The van der Waals surface area contributed by atoms with Crippen molar-refractivity contribution in [2.45, 2.75) is 104 Å². The maximum absolute atomic E-state index is 11.9. The zero-order valence-corrected chi connectivity index (χ0v) is 15.9. The second-order valence-corrected chi connectivity index (χ2v) is 7.95. The highest BCUT2D eigenvalue weighted by Gasteiger charge is 2.26. The Morgan fingerprint density at radius 2 is 1.91 bits per heavy atom. The van der Waals surface area contributed by atoms with Crippen LogP contribution >= 0.6 is 0 Å². The third kappa shape index (κ3) is 8.59. The first-order chi connectivity index (χ1) is 10.9. The van der Waals surface area contributed by atoms with Crippen molar-refractivity contribution in [2.24, 2.45) is 5.92 Å². The molecule has 136 valence electrons. The first-order valence-corrected chi connectivity index (χ1v) is 9.58. The van der Waals surface area contributed by atoms with Gasteiger partial charge in [0.25, 0.3) is 0 Å². The van der Waals surface area contributed by atoms with Gasteiger partial charge in [-0.05, 0) is 46.0 Å². The van der Waals surface area contributed by atoms with Crippen molar-refractivity contribution in [1.82, 2.24) is 10.6 Å². The van der Waals surface area contributed by atoms with Crippen LogP contribution < -0.4 is 10.6 Å². The van der Waals surface area contributed by atoms with Gasteiger partial charge in [0, 0.05) is 18.6 Å². The summed E-state index contributed by atoms with van der Waals surface area (Å²) in [6.45, 7) is 10.9. The highest BCUT2D eigenvalue weighted by atomic mass is 16.6. The zero-order valence-electron chi connectivity index (χ0n) is 15.9. The number of amides is 1. The normalized spacial score (nSPS) is 23.3. The second-order valence-electron chi connectivity index (χ2n) is 7.95. The van der Waals surface area contributed by atoms with E-state index in [0.717, 1.165) is 12.3 Å². The Kier molecular flexibility index (Phi) is 8.96. The van der Waals surface area contributed by atoms with E-state index in [9.17, 15) is 4.79 Å². The minimum atomic E-state index is -0.437. The van der Waals surface area contributed by atoms with Crippen molar-refractivity contribution in [1.29, 1.82) is 0 Å². The van der Waals surface area contributed by atoms with Crippen molar-refractivity contribution in [3.63, 3.8) is 0 Å². The lowest BCUT2D eigenvalue weighted by atomic mass is 9.82. The van der Waals surface area contributed by atoms with E-state index in [0.29, 0.717) is 18.6 Å². The van der Waals surface area contributed by atoms with Gasteiger partial charge in [-0.15, -0.1) is 0 Å². The maximum Gasteiger partial charge on any atom is 0.407 e. The van der Waals surface area contributed by atoms with Gasteiger partial charge in [0.05, 0.1) is 0 Å². The van der Waals surface area contributed by atoms with Crippen LogP contribution in [0.1, 0.15) is 86.0 Å². The molecule has 1 rings (SSSR count). The van der Waals surface area contributed by atoms with E-state index in [1.54, 1.807) is 0 Å². The quantitative estimate of drug-likeness (QED) is 0.684. The van der Waals surface area contributed by atoms with Gasteiger partial charge >= 0.3 is 6.09 Å². The Labute approximate surface area is 143 Å². The molecule has 0 aromatic heterocycles. The first kappa shape index (κ1) is 20.3. The molecule has 0 bridgehead atoms. The van der Waals surface area contributed by atoms with Crippen LogP contribution in [0.15, 0.2) is 0 Å². The topological polar surface area (TPSA) is 50.4 Å². The predicted molar refractivity (Wildman–Crippen MR) is 96.7 cm³/mol. The van der Waals surface area contributed by atoms with Crippen LogP contribution in [0, 0.1) is 5.92 Å². The Balaban J connectivity index is 2.49. The minimum absolute atomic E-state index is 0.309. The number of alkyl carbamates (subject to hydrolysis) is 1. The number of hydrogen-bond acceptors (Lipinski definition) is 3. The van der Waals surface area contributed by atoms with Crippen molar-refractivity contribution in [2.75, 3.05) is 6.54 Å². The maximum atomic E-state index is 11.9. The molecular formula is C19H38N2O2. The minimum Gasteiger partial charge on any atom is -0.444 e. The summed E-state index contributed by atoms with van der Waals surface area (Å²) in [4.78, 5) is 11.9. The summed E-state index contributed by atoms with van der Waals surface area (Å²) in [5.41, 5.74) is -0.437. The van der Waals surface area contributed by atoms with Gasteiger partial charge in [-0.25, -0.2) is 4.79 Å². The van der Waals surface area contributed by atoms with Gasteiger partial charge in [-0.1, -0.05) is 46.0 Å². The third-order valence-corrected chi connectivity index (χ3v) is 4.68. The fourth-order valence-electron chi connectivity index (χ4n) is 3.43. The second kappa shape index (κ2) is 10.2. The Hall–Kier alpha value is -0.770. The molecule has 4 heteroatoms. The molecule has 1 aliphatic carbocycles. The summed E-state index contributed by atoms with van der Waals surface area (Å²) in [6.07, 6.45) is 9.74. The van der Waals surface area contributed by atoms with E-state index in [1.807, 2.05) is 20.8 Å². The van der Waals surface area contributed by atoms with E-state index >= 15 is 0 Å². The molecule has 0 heterocycles. The number of hydrogen-bond donors (Lipinski definition) is 2. The van der Waals surface area contributed by atoms with E-state index < -0.39 is 5.60 Å². The van der Waals surface area contributed by atoms with E-state index in [-0.39, 0.29) is 6.09 Å². The molecular weight excluding hydrogens is 288 g/mol. The molecule has 1 saturated carbocycles. The van der Waals surface area contributed by atoms with Crippen LogP contribution in [0.3, 0.4) is 0 Å². The van der Waals surface area contributed by atoms with Crippen LogP contribution in [0.2, 0.25) is 0 Å². The predicted octanol–water partition coefficient (Wildman–Crippen LogP) is 4.63. The Bertz CT molecular complexity index is 339. The molecule has 4 nitrogen and oxygen atoms in total. The van der Waals surface area contributed by atoms with E-state index in [4.69, 9.17) is 4.74 Å². The number of carbonyl (C=O) groups is 1. The van der Waals surface area contributed by atoms with Crippen LogP contribution in [0.4, 0.5) is 4.79 Å². The smallest absolute Gasteiger partial charge is 0.407 e. The fraction of sp³-hybridized carbons (Fsp3) is 0.947. The molecule has 23 heavy (non-hydrogen) atoms. The molecule has 1 fully saturated rings. The van der Waals surface area contributed by atoms with Gasteiger partial charge in [0.1, 0.15) is 5.60 Å². The molecule has 0 radical (unpaired) electrons. The summed E-state index contributed by atoms with van der Waals surface area (Å²) in [5.74, 6) is 0.786. The number of ether oxygens (including phenoxy) is 1. The first-order valence-electron chi connectivity index (χ1n) is 9.58. The molecule has 2 N–H and O–H groups in total. The van der Waals surface area contributed by atoms with Crippen LogP contribution in [-0.2, 0) is 4.74 Å². The summed E-state index contributed by atoms with van der Waals surface area (Å²) < 4.78 is 5.35. The molecule has 3 unspecified atom stereocenters. The van der Waals surface area contributed by atoms with Gasteiger partial charge in [-0.2, -0.15) is 0 Å². The number of carbonyl (C=O) groups excluding carboxylic acids is 1. The highest BCUT2D eigenvalue weighted by molar-refractivity contribution is 5.67. The van der Waals surface area contributed by atoms with Gasteiger partial charge < -0.3 is 15.4 Å². The zero-order chi connectivity index (χ0) is 17.3. The molecule has 0 aromatic rings. The monoisotopic (exact) mass is 326 g/mol. The Morgan fingerprint density at radius 3 is 2.52 bits per heavy atom. The third-order valence-electron chi connectivity index (χ3n) is 4.68. The lowest BCUT2D eigenvalue weighted by Gasteiger charge is -2.35. The highest BCUT2D eigenvalue weighted by Crippen LogP contribution is 2.27. The largest absolute Gasteiger partial charge is 0.444 e. The van der Waals surface area contributed by atoms with Gasteiger partial charge in [0.2, 0.25) is 0 Å². The van der Waals surface area contributed by atoms with Crippen LogP contribution in [-0.4, -0.2) is 30.3 Å². The van der Waals surface area contributed by atoms with Crippen LogP contribution in [0.5, 0.6) is 0 Å². The summed E-state index contributed by atoms with van der Waals surface area (Å²) in [7, 11) is 0. The lowest BCUT2D eigenvalue weighted by molar-refractivity contribution is 0.0519. The van der Waals surface area contributed by atoms with Crippen LogP contribution in [0.25, 0.3) is 0 Å². The molecule has 0 spiro atoms. The number of unbranched alkanes of at least 4 members (excludes halogenated alkanes) is 1. The fourth-order valence-corrected chi connectivity index (χ4v) is 3.43. The average molecular weight is 327 g/mol. The van der Waals surface area contributed by atoms with E-state index in [1.165, 1.54) is 44.9 Å². The van der Waals surface area contributed by atoms with Gasteiger partial charge in [0.15, 0.2) is 0 Å². The summed E-state index contributed by atoms with van der Waals surface area (Å²) >= 11 is 0. The average Bonchev–Trinajstić information content (AvgIpc) is 2.48. The van der Waals surface area contributed by atoms with Gasteiger partial charge in [-0.3, -0.25) is 0 Å². The van der Waals surface area contributed by atoms with Crippen molar-refractivity contribution < 1.29 is 9.53 Å². The SMILES string of the molecule is CCCCC(CNC(=O)OC(C)(C)C)NC1CCCCC1CC. The summed E-state index contributed by atoms with van der Waals surface area (Å²) in [6, 6.07) is 0.954. The molecule has 0 aliphatic heterocycles. The van der Waals surface area contributed by atoms with Crippen molar-refractivity contribution in [3.05, 3.63) is 0 Å². The lowest BCUT2D eigenvalue weighted by Crippen LogP contribution is -2.49. The number of nitrogens with one attached hydrogen (secondary N) is 2. The molecule has 0 saturated heterocycles. The molecule has 1 amide bonds. The number of rotatable bonds is 8. The summed E-state index contributed by atoms with van der Waals surface area (Å²) in [5, 5.41) is 6.79. The van der Waals surface area contributed by atoms with E-state index in [2.05, 4.69) is 24.5 Å². The Morgan fingerprint density at radius 1 is 1.22 bits per heavy atom.